The highest BCUT2D eigenvalue weighted by Gasteiger charge is 2.03. The molecule has 2 nitrogen and oxygen atoms in total. The van der Waals surface area contributed by atoms with Crippen LogP contribution in [0.25, 0.3) is 0 Å². The van der Waals surface area contributed by atoms with Crippen molar-refractivity contribution in [3.05, 3.63) is 62.3 Å². The van der Waals surface area contributed by atoms with Crippen molar-refractivity contribution in [1.29, 1.82) is 5.26 Å². The minimum Gasteiger partial charge on any atom is -0.381 e. The van der Waals surface area contributed by atoms with Gasteiger partial charge in [0.25, 0.3) is 0 Å². The van der Waals surface area contributed by atoms with Crippen LogP contribution in [0.1, 0.15) is 11.1 Å². The quantitative estimate of drug-likeness (QED) is 0.823. The summed E-state index contributed by atoms with van der Waals surface area (Å²) in [6, 6.07) is 12.2. The molecule has 0 bridgehead atoms. The molecule has 2 aromatic carbocycles. The van der Waals surface area contributed by atoms with E-state index in [-0.39, 0.29) is 5.56 Å². The molecule has 0 heterocycles. The SMILES string of the molecule is N#Cc1cc(NCc2ccc(Br)c(Br)c2)ccc1F. The van der Waals surface area contributed by atoms with Gasteiger partial charge in [0.2, 0.25) is 0 Å². The molecule has 0 fully saturated rings. The zero-order valence-corrected chi connectivity index (χ0v) is 12.9. The number of nitrogens with one attached hydrogen (secondary N) is 1. The number of halogens is 3. The summed E-state index contributed by atoms with van der Waals surface area (Å²) < 4.78 is 15.1. The predicted molar refractivity (Wildman–Crippen MR) is 80.3 cm³/mol. The third kappa shape index (κ3) is 3.55. The molecule has 2 rings (SSSR count). The largest absolute Gasteiger partial charge is 0.381 e. The Labute approximate surface area is 127 Å². The first-order valence-electron chi connectivity index (χ1n) is 5.47. The Kier molecular flexibility index (Phi) is 4.56. The molecule has 0 saturated carbocycles. The van der Waals surface area contributed by atoms with E-state index in [0.29, 0.717) is 6.54 Å². The van der Waals surface area contributed by atoms with Crippen LogP contribution < -0.4 is 5.32 Å². The molecule has 0 aromatic heterocycles. The molecule has 0 aliphatic rings. The Morgan fingerprint density at radius 2 is 1.89 bits per heavy atom. The molecule has 0 saturated heterocycles. The fourth-order valence-electron chi connectivity index (χ4n) is 1.57. The van der Waals surface area contributed by atoms with E-state index in [1.165, 1.54) is 12.1 Å². The molecule has 0 unspecified atom stereocenters. The normalized spacial score (nSPS) is 10.0. The van der Waals surface area contributed by atoms with E-state index in [1.54, 1.807) is 6.07 Å². The Balaban J connectivity index is 2.10. The predicted octanol–water partition coefficient (Wildman–Crippen LogP) is 4.83. The standard InChI is InChI=1S/C14H9Br2FN2/c15-12-3-1-9(5-13(12)16)8-19-11-2-4-14(17)10(6-11)7-18/h1-6,19H,8H2. The lowest BCUT2D eigenvalue weighted by molar-refractivity contribution is 0.624. The van der Waals surface area contributed by atoms with Crippen molar-refractivity contribution >= 4 is 37.5 Å². The fourth-order valence-corrected chi connectivity index (χ4v) is 2.25. The summed E-state index contributed by atoms with van der Waals surface area (Å²) in [5.41, 5.74) is 1.84. The summed E-state index contributed by atoms with van der Waals surface area (Å²) in [5, 5.41) is 11.9. The first-order chi connectivity index (χ1) is 9.10. The van der Waals surface area contributed by atoms with Gasteiger partial charge < -0.3 is 5.32 Å². The van der Waals surface area contributed by atoms with Crippen LogP contribution in [0.15, 0.2) is 45.3 Å². The van der Waals surface area contributed by atoms with Crippen molar-refractivity contribution < 1.29 is 4.39 Å². The molecule has 0 aliphatic carbocycles. The monoisotopic (exact) mass is 382 g/mol. The smallest absolute Gasteiger partial charge is 0.141 e. The number of hydrogen-bond donors (Lipinski definition) is 1. The first-order valence-corrected chi connectivity index (χ1v) is 7.06. The van der Waals surface area contributed by atoms with Crippen LogP contribution in [0.4, 0.5) is 10.1 Å². The van der Waals surface area contributed by atoms with Crippen LogP contribution in [-0.4, -0.2) is 0 Å². The maximum absolute atomic E-state index is 13.2. The molecule has 0 amide bonds. The number of anilines is 1. The molecular formula is C14H9Br2FN2. The molecule has 0 radical (unpaired) electrons. The van der Waals surface area contributed by atoms with Crippen molar-refractivity contribution in [3.8, 4) is 6.07 Å². The van der Waals surface area contributed by atoms with E-state index in [1.807, 2.05) is 24.3 Å². The zero-order chi connectivity index (χ0) is 13.8. The molecule has 2 aromatic rings. The number of nitriles is 1. The van der Waals surface area contributed by atoms with E-state index in [2.05, 4.69) is 37.2 Å². The summed E-state index contributed by atoms with van der Waals surface area (Å²) in [6.45, 7) is 0.600. The maximum atomic E-state index is 13.2. The number of nitrogens with zero attached hydrogens (tertiary/aromatic N) is 1. The summed E-state index contributed by atoms with van der Waals surface area (Å²) in [6.07, 6.45) is 0. The van der Waals surface area contributed by atoms with Gasteiger partial charge in [0.1, 0.15) is 11.9 Å². The van der Waals surface area contributed by atoms with Gasteiger partial charge in [-0.1, -0.05) is 6.07 Å². The molecule has 96 valence electrons. The number of hydrogen-bond acceptors (Lipinski definition) is 2. The third-order valence-corrected chi connectivity index (χ3v) is 4.45. The maximum Gasteiger partial charge on any atom is 0.141 e. The van der Waals surface area contributed by atoms with Crippen LogP contribution in [-0.2, 0) is 6.54 Å². The lowest BCUT2D eigenvalue weighted by Gasteiger charge is -2.08. The second-order valence-corrected chi connectivity index (χ2v) is 5.62. The molecule has 0 spiro atoms. The second-order valence-electron chi connectivity index (χ2n) is 3.91. The molecular weight excluding hydrogens is 375 g/mol. The van der Waals surface area contributed by atoms with Gasteiger partial charge in [0.15, 0.2) is 0 Å². The van der Waals surface area contributed by atoms with Gasteiger partial charge in [-0.05, 0) is 67.8 Å². The van der Waals surface area contributed by atoms with Crippen molar-refractivity contribution in [3.63, 3.8) is 0 Å². The lowest BCUT2D eigenvalue weighted by Crippen LogP contribution is -2.00. The van der Waals surface area contributed by atoms with Crippen molar-refractivity contribution in [2.24, 2.45) is 0 Å². The van der Waals surface area contributed by atoms with Crippen molar-refractivity contribution in [1.82, 2.24) is 0 Å². The Morgan fingerprint density at radius 3 is 2.58 bits per heavy atom. The van der Waals surface area contributed by atoms with Crippen LogP contribution in [0.3, 0.4) is 0 Å². The van der Waals surface area contributed by atoms with Crippen LogP contribution in [0.2, 0.25) is 0 Å². The van der Waals surface area contributed by atoms with E-state index in [9.17, 15) is 4.39 Å². The second kappa shape index (κ2) is 6.18. The lowest BCUT2D eigenvalue weighted by atomic mass is 10.2. The molecule has 19 heavy (non-hydrogen) atoms. The van der Waals surface area contributed by atoms with E-state index >= 15 is 0 Å². The van der Waals surface area contributed by atoms with Crippen LogP contribution in [0.5, 0.6) is 0 Å². The average molecular weight is 384 g/mol. The number of benzene rings is 2. The van der Waals surface area contributed by atoms with Crippen molar-refractivity contribution in [2.45, 2.75) is 6.54 Å². The average Bonchev–Trinajstić information content (AvgIpc) is 2.41. The minimum atomic E-state index is -0.501. The van der Waals surface area contributed by atoms with E-state index < -0.39 is 5.82 Å². The summed E-state index contributed by atoms with van der Waals surface area (Å²) in [4.78, 5) is 0. The highest BCUT2D eigenvalue weighted by atomic mass is 79.9. The van der Waals surface area contributed by atoms with Crippen molar-refractivity contribution in [2.75, 3.05) is 5.32 Å². The van der Waals surface area contributed by atoms with Gasteiger partial charge in [-0.3, -0.25) is 0 Å². The first kappa shape index (κ1) is 14.0. The van der Waals surface area contributed by atoms with Gasteiger partial charge in [-0.2, -0.15) is 5.26 Å². The fraction of sp³-hybridized carbons (Fsp3) is 0.0714. The van der Waals surface area contributed by atoms with Gasteiger partial charge in [-0.15, -0.1) is 0 Å². The van der Waals surface area contributed by atoms with Gasteiger partial charge in [0.05, 0.1) is 5.56 Å². The highest BCUT2D eigenvalue weighted by Crippen LogP contribution is 2.24. The van der Waals surface area contributed by atoms with Gasteiger partial charge >= 0.3 is 0 Å². The molecule has 0 atom stereocenters. The topological polar surface area (TPSA) is 35.8 Å². The summed E-state index contributed by atoms with van der Waals surface area (Å²) in [7, 11) is 0. The summed E-state index contributed by atoms with van der Waals surface area (Å²) >= 11 is 6.84. The van der Waals surface area contributed by atoms with Gasteiger partial charge in [-0.25, -0.2) is 4.39 Å². The third-order valence-electron chi connectivity index (χ3n) is 2.57. The molecule has 5 heteroatoms. The molecule has 1 N–H and O–H groups in total. The zero-order valence-electron chi connectivity index (χ0n) is 9.75. The minimum absolute atomic E-state index is 0.0435. The Morgan fingerprint density at radius 1 is 1.11 bits per heavy atom. The van der Waals surface area contributed by atoms with E-state index in [4.69, 9.17) is 5.26 Å². The van der Waals surface area contributed by atoms with E-state index in [0.717, 1.165) is 20.2 Å². The summed E-state index contributed by atoms with van der Waals surface area (Å²) in [5.74, 6) is -0.501. The Hall–Kier alpha value is -1.38. The molecule has 0 aliphatic heterocycles. The van der Waals surface area contributed by atoms with Crippen LogP contribution >= 0.6 is 31.9 Å². The highest BCUT2D eigenvalue weighted by molar-refractivity contribution is 9.13. The van der Waals surface area contributed by atoms with Crippen LogP contribution in [0, 0.1) is 17.1 Å². The Bertz CT molecular complexity index is 650. The number of rotatable bonds is 3. The van der Waals surface area contributed by atoms with Gasteiger partial charge in [0, 0.05) is 21.2 Å².